The molecule has 1 atom stereocenters. The molecule has 3 aromatic heterocycles. The average molecular weight is 472 g/mol. The van der Waals surface area contributed by atoms with Crippen LogP contribution in [0.3, 0.4) is 0 Å². The molecule has 1 aliphatic carbocycles. The highest BCUT2D eigenvalue weighted by atomic mass is 16.5. The van der Waals surface area contributed by atoms with E-state index in [1.807, 2.05) is 54.0 Å². The van der Waals surface area contributed by atoms with Crippen molar-refractivity contribution in [3.63, 3.8) is 0 Å². The van der Waals surface area contributed by atoms with Gasteiger partial charge in [-0.15, -0.1) is 5.10 Å². The van der Waals surface area contributed by atoms with Crippen LogP contribution in [0, 0.1) is 0 Å². The molecule has 2 aliphatic rings. The lowest BCUT2D eigenvalue weighted by Crippen LogP contribution is -2.49. The minimum absolute atomic E-state index is 0.159. The SMILES string of the molecule is COc1ccc(CC(=O)[C@]2(C)CCCN2c2nc(Nc3cc(C4CC4)[nH]n3)c3cccn3n2)cc1. The van der Waals surface area contributed by atoms with E-state index < -0.39 is 5.54 Å². The van der Waals surface area contributed by atoms with Crippen LogP contribution in [0.2, 0.25) is 0 Å². The van der Waals surface area contributed by atoms with Gasteiger partial charge in [0, 0.05) is 36.8 Å². The van der Waals surface area contributed by atoms with E-state index >= 15 is 0 Å². The van der Waals surface area contributed by atoms with Crippen molar-refractivity contribution in [2.45, 2.75) is 50.5 Å². The van der Waals surface area contributed by atoms with E-state index in [9.17, 15) is 4.79 Å². The second-order valence-corrected chi connectivity index (χ2v) is 9.68. The van der Waals surface area contributed by atoms with Gasteiger partial charge in [0.25, 0.3) is 0 Å². The standard InChI is InChI=1S/C26H29N7O2/c1-26(22(34)15-17-6-10-19(35-2)11-7-17)12-4-13-32(26)25-28-24(21-5-3-14-33(21)31-25)27-23-16-20(29-30-23)18-8-9-18/h3,5-7,10-11,14,16,18H,4,8-9,12-13,15H2,1-2H3,(H2,27,28,29,30,31)/t26-/m0/s1. The number of fused-ring (bicyclic) bond motifs is 1. The van der Waals surface area contributed by atoms with Crippen molar-refractivity contribution < 1.29 is 9.53 Å². The number of carbonyl (C=O) groups is 1. The summed E-state index contributed by atoms with van der Waals surface area (Å²) in [6, 6.07) is 13.6. The number of rotatable bonds is 8. The predicted octanol–water partition coefficient (Wildman–Crippen LogP) is 4.25. The topological polar surface area (TPSA) is 100 Å². The number of carbonyl (C=O) groups excluding carboxylic acids is 1. The third-order valence-electron chi connectivity index (χ3n) is 7.25. The Balaban J connectivity index is 1.29. The lowest BCUT2D eigenvalue weighted by Gasteiger charge is -2.34. The van der Waals surface area contributed by atoms with Crippen molar-refractivity contribution in [3.05, 3.63) is 59.9 Å². The van der Waals surface area contributed by atoms with Crippen LogP contribution in [0.1, 0.15) is 49.8 Å². The number of methoxy groups -OCH3 is 1. The van der Waals surface area contributed by atoms with E-state index in [1.54, 1.807) is 7.11 Å². The Morgan fingerprint density at radius 1 is 1.26 bits per heavy atom. The first-order valence-electron chi connectivity index (χ1n) is 12.1. The first-order valence-corrected chi connectivity index (χ1v) is 12.1. The van der Waals surface area contributed by atoms with E-state index in [1.165, 1.54) is 12.8 Å². The molecule has 0 spiro atoms. The maximum Gasteiger partial charge on any atom is 0.246 e. The second-order valence-electron chi connectivity index (χ2n) is 9.68. The number of Topliss-reactive ketones (excluding diaryl/α,β-unsaturated/α-hetero) is 1. The molecule has 1 aliphatic heterocycles. The fraction of sp³-hybridized carbons (Fsp3) is 0.385. The van der Waals surface area contributed by atoms with Crippen molar-refractivity contribution in [2.24, 2.45) is 0 Å². The van der Waals surface area contributed by atoms with Gasteiger partial charge in [-0.25, -0.2) is 4.52 Å². The Kier molecular flexibility index (Phi) is 5.20. The molecule has 0 radical (unpaired) electrons. The van der Waals surface area contributed by atoms with E-state index in [0.717, 1.165) is 47.7 Å². The quantitative estimate of drug-likeness (QED) is 0.396. The van der Waals surface area contributed by atoms with Crippen LogP contribution in [-0.2, 0) is 11.2 Å². The van der Waals surface area contributed by atoms with E-state index in [4.69, 9.17) is 14.8 Å². The highest BCUT2D eigenvalue weighted by Crippen LogP contribution is 2.40. The molecule has 4 aromatic rings. The number of hydrogen-bond acceptors (Lipinski definition) is 7. The van der Waals surface area contributed by atoms with Crippen LogP contribution in [0.15, 0.2) is 48.7 Å². The number of benzene rings is 1. The smallest absolute Gasteiger partial charge is 0.246 e. The largest absolute Gasteiger partial charge is 0.497 e. The maximum atomic E-state index is 13.6. The molecule has 0 amide bonds. The van der Waals surface area contributed by atoms with Crippen LogP contribution in [0.5, 0.6) is 5.75 Å². The molecular weight excluding hydrogens is 442 g/mol. The normalized spacial score (nSPS) is 19.9. The van der Waals surface area contributed by atoms with Crippen molar-refractivity contribution >= 4 is 28.9 Å². The summed E-state index contributed by atoms with van der Waals surface area (Å²) in [6.45, 7) is 2.74. The number of hydrogen-bond donors (Lipinski definition) is 2. The van der Waals surface area contributed by atoms with Gasteiger partial charge in [0.2, 0.25) is 5.95 Å². The first-order chi connectivity index (χ1) is 17.0. The summed E-state index contributed by atoms with van der Waals surface area (Å²) in [5.41, 5.74) is 2.31. The molecule has 2 N–H and O–H groups in total. The molecule has 6 rings (SSSR count). The molecule has 0 bridgehead atoms. The van der Waals surface area contributed by atoms with Gasteiger partial charge >= 0.3 is 0 Å². The number of anilines is 3. The predicted molar refractivity (Wildman–Crippen MR) is 134 cm³/mol. The van der Waals surface area contributed by atoms with E-state index in [-0.39, 0.29) is 5.78 Å². The Morgan fingerprint density at radius 2 is 2.09 bits per heavy atom. The molecular formula is C26H29N7O2. The number of ether oxygens (including phenoxy) is 1. The Morgan fingerprint density at radius 3 is 2.86 bits per heavy atom. The van der Waals surface area contributed by atoms with Crippen LogP contribution < -0.4 is 15.0 Å². The molecule has 35 heavy (non-hydrogen) atoms. The summed E-state index contributed by atoms with van der Waals surface area (Å²) in [7, 11) is 1.64. The third kappa shape index (κ3) is 4.00. The summed E-state index contributed by atoms with van der Waals surface area (Å²) in [4.78, 5) is 20.5. The van der Waals surface area contributed by atoms with Gasteiger partial charge in [0.15, 0.2) is 17.4 Å². The minimum Gasteiger partial charge on any atom is -0.497 e. The molecule has 1 aromatic carbocycles. The summed E-state index contributed by atoms with van der Waals surface area (Å²) in [6.07, 6.45) is 6.34. The molecule has 9 heteroatoms. The van der Waals surface area contributed by atoms with Crippen LogP contribution in [-0.4, -0.2) is 49.8 Å². The van der Waals surface area contributed by atoms with Gasteiger partial charge in [0.05, 0.1) is 12.6 Å². The van der Waals surface area contributed by atoms with Crippen molar-refractivity contribution in [3.8, 4) is 5.75 Å². The molecule has 9 nitrogen and oxygen atoms in total. The summed E-state index contributed by atoms with van der Waals surface area (Å²) < 4.78 is 7.05. The number of H-pyrrole nitrogens is 1. The van der Waals surface area contributed by atoms with Gasteiger partial charge in [-0.05, 0) is 62.4 Å². The molecule has 1 saturated heterocycles. The Labute approximate surface area is 203 Å². The third-order valence-corrected chi connectivity index (χ3v) is 7.25. The molecule has 2 fully saturated rings. The monoisotopic (exact) mass is 471 g/mol. The zero-order chi connectivity index (χ0) is 24.0. The number of aromatic amines is 1. The fourth-order valence-electron chi connectivity index (χ4n) is 4.95. The maximum absolute atomic E-state index is 13.6. The van der Waals surface area contributed by atoms with Crippen LogP contribution >= 0.6 is 0 Å². The number of ketones is 1. The van der Waals surface area contributed by atoms with Crippen LogP contribution in [0.25, 0.3) is 5.52 Å². The number of aromatic nitrogens is 5. The van der Waals surface area contributed by atoms with Gasteiger partial charge in [0.1, 0.15) is 11.3 Å². The first kappa shape index (κ1) is 21.6. The lowest BCUT2D eigenvalue weighted by atomic mass is 9.89. The van der Waals surface area contributed by atoms with Crippen LogP contribution in [0.4, 0.5) is 17.6 Å². The summed E-state index contributed by atoms with van der Waals surface area (Å²) >= 11 is 0. The van der Waals surface area contributed by atoms with Gasteiger partial charge in [-0.1, -0.05) is 12.1 Å². The van der Waals surface area contributed by atoms with E-state index in [0.29, 0.717) is 24.1 Å². The number of nitrogens with one attached hydrogen (secondary N) is 2. The zero-order valence-electron chi connectivity index (χ0n) is 20.0. The van der Waals surface area contributed by atoms with Crippen molar-refractivity contribution in [1.29, 1.82) is 0 Å². The van der Waals surface area contributed by atoms with Crippen molar-refractivity contribution in [2.75, 3.05) is 23.9 Å². The average Bonchev–Trinajstić information content (AvgIpc) is 3.23. The van der Waals surface area contributed by atoms with Crippen molar-refractivity contribution in [1.82, 2.24) is 24.8 Å². The minimum atomic E-state index is -0.677. The van der Waals surface area contributed by atoms with E-state index in [2.05, 4.69) is 26.5 Å². The Bertz CT molecular complexity index is 1370. The summed E-state index contributed by atoms with van der Waals surface area (Å²) in [5, 5.41) is 15.7. The van der Waals surface area contributed by atoms with Gasteiger partial charge < -0.3 is 15.0 Å². The fourth-order valence-corrected chi connectivity index (χ4v) is 4.95. The lowest BCUT2D eigenvalue weighted by molar-refractivity contribution is -0.122. The molecule has 4 heterocycles. The molecule has 180 valence electrons. The Hall–Kier alpha value is -3.88. The number of nitrogens with zero attached hydrogens (tertiary/aromatic N) is 5. The second kappa shape index (κ2) is 8.41. The zero-order valence-corrected chi connectivity index (χ0v) is 20.0. The molecule has 1 saturated carbocycles. The van der Waals surface area contributed by atoms with Gasteiger partial charge in [-0.3, -0.25) is 9.89 Å². The highest BCUT2D eigenvalue weighted by Gasteiger charge is 2.44. The van der Waals surface area contributed by atoms with Gasteiger partial charge in [-0.2, -0.15) is 10.1 Å². The highest BCUT2D eigenvalue weighted by molar-refractivity contribution is 5.93. The molecule has 0 unspecified atom stereocenters. The summed E-state index contributed by atoms with van der Waals surface area (Å²) in [5.74, 6) is 3.48.